The first-order valence-electron chi connectivity index (χ1n) is 10.4. The Labute approximate surface area is 205 Å². The molecule has 4 aromatic rings. The lowest BCUT2D eigenvalue weighted by atomic mass is 10.1. The summed E-state index contributed by atoms with van der Waals surface area (Å²) in [6.07, 6.45) is -0.985. The summed E-state index contributed by atoms with van der Waals surface area (Å²) in [5.41, 5.74) is 3.51. The van der Waals surface area contributed by atoms with Crippen LogP contribution < -0.4 is 14.8 Å². The molecule has 0 fully saturated rings. The number of thioether (sulfide) groups is 1. The topological polar surface area (TPSA) is 86.2 Å². The minimum Gasteiger partial charge on any atom is -0.497 e. The van der Waals surface area contributed by atoms with Crippen molar-refractivity contribution in [2.24, 2.45) is 0 Å². The highest BCUT2D eigenvalue weighted by molar-refractivity contribution is 7.98. The van der Waals surface area contributed by atoms with Gasteiger partial charge in [0.05, 0.1) is 7.11 Å². The van der Waals surface area contributed by atoms with E-state index in [2.05, 4.69) is 20.5 Å². The zero-order chi connectivity index (χ0) is 23.5. The van der Waals surface area contributed by atoms with Gasteiger partial charge in [0, 0.05) is 27.6 Å². The summed E-state index contributed by atoms with van der Waals surface area (Å²) in [5.74, 6) is 1.32. The molecule has 3 aromatic carbocycles. The number of anilines is 1. The van der Waals surface area contributed by atoms with Gasteiger partial charge in [-0.2, -0.15) is 4.98 Å². The minimum atomic E-state index is -0.985. The van der Waals surface area contributed by atoms with Gasteiger partial charge in [-0.25, -0.2) is 0 Å². The fraction of sp³-hybridized carbons (Fsp3) is 0.120. The maximum Gasteiger partial charge on any atom is 0.247 e. The summed E-state index contributed by atoms with van der Waals surface area (Å²) >= 11 is 7.39. The average Bonchev–Trinajstić information content (AvgIpc) is 3.04. The number of ether oxygens (including phenoxy) is 2. The fourth-order valence-electron chi connectivity index (χ4n) is 3.46. The molecule has 0 radical (unpaired) electrons. The predicted octanol–water partition coefficient (Wildman–Crippen LogP) is 5.51. The Kier molecular flexibility index (Phi) is 6.33. The number of aromatic nitrogens is 3. The van der Waals surface area contributed by atoms with Crippen molar-refractivity contribution < 1.29 is 14.3 Å². The van der Waals surface area contributed by atoms with E-state index in [0.29, 0.717) is 38.6 Å². The van der Waals surface area contributed by atoms with Crippen LogP contribution in [-0.4, -0.2) is 34.3 Å². The lowest BCUT2D eigenvalue weighted by molar-refractivity contribution is 0.0823. The maximum absolute atomic E-state index is 13.3. The third-order valence-electron chi connectivity index (χ3n) is 5.23. The number of nitrogens with one attached hydrogen (secondary N) is 1. The molecule has 1 aliphatic heterocycles. The number of Topliss-reactive ketones (excluding diaryl/α,β-unsaturated/α-hetero) is 1. The van der Waals surface area contributed by atoms with Crippen LogP contribution in [0.4, 0.5) is 5.69 Å². The Hall–Kier alpha value is -3.62. The molecule has 1 aromatic heterocycles. The highest BCUT2D eigenvalue weighted by Crippen LogP contribution is 2.37. The quantitative estimate of drug-likeness (QED) is 0.280. The maximum atomic E-state index is 13.3. The lowest BCUT2D eigenvalue weighted by Crippen LogP contribution is -2.35. The number of nitrogens with zero attached hydrogens (tertiary/aromatic N) is 3. The van der Waals surface area contributed by atoms with E-state index >= 15 is 0 Å². The van der Waals surface area contributed by atoms with Gasteiger partial charge in [-0.15, -0.1) is 10.2 Å². The molecule has 0 spiro atoms. The first kappa shape index (κ1) is 22.2. The lowest BCUT2D eigenvalue weighted by Gasteiger charge is -2.18. The van der Waals surface area contributed by atoms with Crippen LogP contribution in [0.5, 0.6) is 11.6 Å². The number of methoxy groups -OCH3 is 1. The van der Waals surface area contributed by atoms with Crippen molar-refractivity contribution in [1.29, 1.82) is 0 Å². The molecule has 9 heteroatoms. The first-order chi connectivity index (χ1) is 16.6. The van der Waals surface area contributed by atoms with E-state index in [1.807, 2.05) is 48.5 Å². The van der Waals surface area contributed by atoms with Crippen LogP contribution in [0, 0.1) is 0 Å². The molecule has 7 nitrogen and oxygen atoms in total. The summed E-state index contributed by atoms with van der Waals surface area (Å²) in [7, 11) is 1.58. The molecule has 0 saturated carbocycles. The number of carbonyl (C=O) groups is 1. The summed E-state index contributed by atoms with van der Waals surface area (Å²) in [4.78, 5) is 17.9. The number of para-hydroxylation sites is 1. The molecule has 1 N–H and O–H groups in total. The van der Waals surface area contributed by atoms with Crippen molar-refractivity contribution >= 4 is 34.8 Å². The van der Waals surface area contributed by atoms with Crippen molar-refractivity contribution in [1.82, 2.24) is 15.2 Å². The molecule has 1 aliphatic rings. The van der Waals surface area contributed by atoms with Gasteiger partial charge in [-0.3, -0.25) is 4.79 Å². The van der Waals surface area contributed by atoms with E-state index in [-0.39, 0.29) is 11.7 Å². The van der Waals surface area contributed by atoms with Crippen LogP contribution in [0.2, 0.25) is 5.02 Å². The number of halogens is 1. The molecule has 5 rings (SSSR count). The Morgan fingerprint density at radius 1 is 1.06 bits per heavy atom. The Balaban J connectivity index is 1.45. The van der Waals surface area contributed by atoms with Gasteiger partial charge < -0.3 is 14.8 Å². The normalized spacial score (nSPS) is 14.1. The summed E-state index contributed by atoms with van der Waals surface area (Å²) in [6, 6.07) is 22.0. The standard InChI is InChI=1S/C25H19ClN4O3S/c1-32-18-12-8-16(9-13-18)22(31)24-27-20-5-3-2-4-19(20)21-23(33-24)28-25(30-29-21)34-14-15-6-10-17(26)11-7-15/h2-13,24,27H,14H2,1H3/t24-/m0/s1. The molecule has 0 bridgehead atoms. The van der Waals surface area contributed by atoms with Crippen LogP contribution in [0.25, 0.3) is 11.3 Å². The predicted molar refractivity (Wildman–Crippen MR) is 132 cm³/mol. The minimum absolute atomic E-state index is 0.237. The van der Waals surface area contributed by atoms with Crippen LogP contribution in [0.15, 0.2) is 78.0 Å². The highest BCUT2D eigenvalue weighted by atomic mass is 35.5. The third kappa shape index (κ3) is 4.69. The second-order valence-corrected chi connectivity index (χ2v) is 8.82. The van der Waals surface area contributed by atoms with Gasteiger partial charge in [0.15, 0.2) is 5.69 Å². The Morgan fingerprint density at radius 3 is 2.59 bits per heavy atom. The van der Waals surface area contributed by atoms with Gasteiger partial charge in [-0.1, -0.05) is 53.7 Å². The van der Waals surface area contributed by atoms with Crippen molar-refractivity contribution in [2.75, 3.05) is 12.4 Å². The molecular formula is C25H19ClN4O3S. The van der Waals surface area contributed by atoms with Gasteiger partial charge in [0.25, 0.3) is 0 Å². The third-order valence-corrected chi connectivity index (χ3v) is 6.39. The second kappa shape index (κ2) is 9.70. The van der Waals surface area contributed by atoms with E-state index in [0.717, 1.165) is 11.1 Å². The summed E-state index contributed by atoms with van der Waals surface area (Å²) < 4.78 is 11.3. The van der Waals surface area contributed by atoms with Crippen LogP contribution in [0.1, 0.15) is 15.9 Å². The number of carbonyl (C=O) groups excluding carboxylic acids is 1. The molecule has 170 valence electrons. The van der Waals surface area contributed by atoms with E-state index in [9.17, 15) is 4.79 Å². The van der Waals surface area contributed by atoms with E-state index < -0.39 is 6.23 Å². The smallest absolute Gasteiger partial charge is 0.247 e. The van der Waals surface area contributed by atoms with Crippen molar-refractivity contribution in [3.63, 3.8) is 0 Å². The largest absolute Gasteiger partial charge is 0.497 e. The molecule has 0 unspecified atom stereocenters. The molecule has 0 amide bonds. The number of hydrogen-bond acceptors (Lipinski definition) is 8. The van der Waals surface area contributed by atoms with E-state index in [1.165, 1.54) is 11.8 Å². The van der Waals surface area contributed by atoms with Crippen molar-refractivity contribution in [3.05, 3.63) is 88.9 Å². The first-order valence-corrected chi connectivity index (χ1v) is 11.8. The van der Waals surface area contributed by atoms with Crippen LogP contribution in [-0.2, 0) is 5.75 Å². The van der Waals surface area contributed by atoms with Gasteiger partial charge >= 0.3 is 0 Å². The average molecular weight is 491 g/mol. The van der Waals surface area contributed by atoms with Crippen molar-refractivity contribution in [2.45, 2.75) is 17.1 Å². The van der Waals surface area contributed by atoms with Gasteiger partial charge in [0.2, 0.25) is 23.0 Å². The molecular weight excluding hydrogens is 472 g/mol. The zero-order valence-corrected chi connectivity index (χ0v) is 19.6. The summed E-state index contributed by atoms with van der Waals surface area (Å²) in [6.45, 7) is 0. The van der Waals surface area contributed by atoms with E-state index in [4.69, 9.17) is 21.1 Å². The van der Waals surface area contributed by atoms with Crippen LogP contribution >= 0.6 is 23.4 Å². The fourth-order valence-corrected chi connectivity index (χ4v) is 4.32. The molecule has 1 atom stereocenters. The van der Waals surface area contributed by atoms with E-state index in [1.54, 1.807) is 31.4 Å². The van der Waals surface area contributed by atoms with Crippen LogP contribution in [0.3, 0.4) is 0 Å². The Morgan fingerprint density at radius 2 is 1.82 bits per heavy atom. The molecule has 0 aliphatic carbocycles. The summed E-state index contributed by atoms with van der Waals surface area (Å²) in [5, 5.41) is 13.0. The molecule has 2 heterocycles. The van der Waals surface area contributed by atoms with Crippen molar-refractivity contribution in [3.8, 4) is 22.9 Å². The molecule has 34 heavy (non-hydrogen) atoms. The van der Waals surface area contributed by atoms with Gasteiger partial charge in [0.1, 0.15) is 5.75 Å². The Bertz CT molecular complexity index is 1330. The second-order valence-electron chi connectivity index (χ2n) is 7.44. The highest BCUT2D eigenvalue weighted by Gasteiger charge is 2.30. The molecule has 0 saturated heterocycles. The SMILES string of the molecule is COc1ccc(C(=O)[C@H]2Nc3ccccc3-c3nnc(SCc4ccc(Cl)cc4)nc3O2)cc1. The monoisotopic (exact) mass is 490 g/mol. The number of fused-ring (bicyclic) bond motifs is 3. The number of ketones is 1. The number of benzene rings is 3. The number of rotatable bonds is 6. The van der Waals surface area contributed by atoms with Gasteiger partial charge in [-0.05, 0) is 48.0 Å². The number of hydrogen-bond donors (Lipinski definition) is 1. The zero-order valence-electron chi connectivity index (χ0n) is 18.1.